The zero-order valence-electron chi connectivity index (χ0n) is 12.1. The number of hydrogen-bond acceptors (Lipinski definition) is 5. The molecule has 3 amide bonds. The van der Waals surface area contributed by atoms with E-state index in [2.05, 4.69) is 15.6 Å². The summed E-state index contributed by atoms with van der Waals surface area (Å²) in [7, 11) is 0. The number of hydrogen-bond donors (Lipinski definition) is 3. The molecule has 9 heteroatoms. The van der Waals surface area contributed by atoms with Crippen molar-refractivity contribution in [1.82, 2.24) is 4.98 Å². The van der Waals surface area contributed by atoms with Gasteiger partial charge < -0.3 is 21.1 Å². The van der Waals surface area contributed by atoms with E-state index < -0.39 is 12.1 Å². The van der Waals surface area contributed by atoms with Crippen molar-refractivity contribution in [1.29, 1.82) is 0 Å². The van der Waals surface area contributed by atoms with Crippen LogP contribution >= 0.6 is 22.9 Å². The highest BCUT2D eigenvalue weighted by Gasteiger charge is 2.09. The number of primary amides is 1. The van der Waals surface area contributed by atoms with Gasteiger partial charge in [-0.25, -0.2) is 14.6 Å². The van der Waals surface area contributed by atoms with E-state index >= 15 is 0 Å². The van der Waals surface area contributed by atoms with Crippen LogP contribution in [0.5, 0.6) is 5.19 Å². The topological polar surface area (TPSA) is 106 Å². The fourth-order valence-corrected chi connectivity index (χ4v) is 2.92. The van der Waals surface area contributed by atoms with Crippen LogP contribution in [0.15, 0.2) is 42.5 Å². The van der Waals surface area contributed by atoms with Crippen molar-refractivity contribution in [2.24, 2.45) is 5.73 Å². The molecule has 3 rings (SSSR count). The van der Waals surface area contributed by atoms with Crippen LogP contribution in [0.4, 0.5) is 21.0 Å². The lowest BCUT2D eigenvalue weighted by molar-refractivity contribution is 0.211. The maximum atomic E-state index is 12.0. The zero-order chi connectivity index (χ0) is 17.1. The number of ether oxygens (including phenoxy) is 1. The van der Waals surface area contributed by atoms with E-state index in [0.717, 1.165) is 16.0 Å². The highest BCUT2D eigenvalue weighted by Crippen LogP contribution is 2.30. The van der Waals surface area contributed by atoms with Crippen LogP contribution in [0, 0.1) is 0 Å². The lowest BCUT2D eigenvalue weighted by atomic mass is 10.3. The maximum Gasteiger partial charge on any atom is 0.411 e. The second-order valence-electron chi connectivity index (χ2n) is 4.67. The maximum absolute atomic E-state index is 12.0. The first-order valence-corrected chi connectivity index (χ1v) is 7.90. The summed E-state index contributed by atoms with van der Waals surface area (Å²) >= 11 is 6.95. The van der Waals surface area contributed by atoms with E-state index in [0.29, 0.717) is 21.9 Å². The van der Waals surface area contributed by atoms with Gasteiger partial charge in [0.2, 0.25) is 0 Å². The van der Waals surface area contributed by atoms with E-state index in [1.807, 2.05) is 0 Å². The number of thiazole rings is 1. The van der Waals surface area contributed by atoms with Crippen LogP contribution < -0.4 is 21.1 Å². The van der Waals surface area contributed by atoms with Crippen LogP contribution in [0.3, 0.4) is 0 Å². The molecule has 0 bridgehead atoms. The Morgan fingerprint density at radius 2 is 1.75 bits per heavy atom. The second-order valence-corrected chi connectivity index (χ2v) is 6.10. The van der Waals surface area contributed by atoms with Gasteiger partial charge in [-0.3, -0.25) is 0 Å². The largest absolute Gasteiger partial charge is 0.411 e. The Morgan fingerprint density at radius 1 is 1.08 bits per heavy atom. The van der Waals surface area contributed by atoms with Crippen LogP contribution in [0.2, 0.25) is 5.02 Å². The predicted molar refractivity (Wildman–Crippen MR) is 93.9 cm³/mol. The molecule has 0 fully saturated rings. The van der Waals surface area contributed by atoms with Gasteiger partial charge in [0, 0.05) is 16.4 Å². The van der Waals surface area contributed by atoms with Crippen LogP contribution in [0.1, 0.15) is 0 Å². The molecule has 0 aliphatic heterocycles. The summed E-state index contributed by atoms with van der Waals surface area (Å²) in [6, 6.07) is 11.5. The van der Waals surface area contributed by atoms with Crippen molar-refractivity contribution in [2.75, 3.05) is 10.6 Å². The molecule has 24 heavy (non-hydrogen) atoms. The number of urea groups is 1. The molecular weight excluding hydrogens is 352 g/mol. The van der Waals surface area contributed by atoms with E-state index in [4.69, 9.17) is 22.1 Å². The summed E-state index contributed by atoms with van der Waals surface area (Å²) in [5, 5.41) is 6.14. The van der Waals surface area contributed by atoms with E-state index in [1.54, 1.807) is 42.5 Å². The van der Waals surface area contributed by atoms with Crippen LogP contribution in [-0.4, -0.2) is 17.1 Å². The Kier molecular flexibility index (Phi) is 4.50. The average molecular weight is 363 g/mol. The minimum absolute atomic E-state index is 0.153. The number of anilines is 2. The fourth-order valence-electron chi connectivity index (χ4n) is 1.94. The fraction of sp³-hybridized carbons (Fsp3) is 0. The second kappa shape index (κ2) is 6.73. The minimum atomic E-state index is -0.922. The number of carbonyl (C=O) groups excluding carboxylic acids is 2. The molecule has 0 radical (unpaired) electrons. The Morgan fingerprint density at radius 3 is 2.46 bits per heavy atom. The summed E-state index contributed by atoms with van der Waals surface area (Å²) in [6.45, 7) is 0. The Bertz CT molecular complexity index is 911. The molecule has 1 heterocycles. The highest BCUT2D eigenvalue weighted by atomic mass is 35.5. The number of halogens is 1. The average Bonchev–Trinajstić information content (AvgIpc) is 2.90. The third kappa shape index (κ3) is 3.92. The lowest BCUT2D eigenvalue weighted by Crippen LogP contribution is -2.19. The zero-order valence-corrected chi connectivity index (χ0v) is 13.6. The molecule has 0 spiro atoms. The molecule has 0 unspecified atom stereocenters. The molecule has 0 aliphatic carbocycles. The normalized spacial score (nSPS) is 10.4. The van der Waals surface area contributed by atoms with Crippen molar-refractivity contribution in [3.63, 3.8) is 0 Å². The lowest BCUT2D eigenvalue weighted by Gasteiger charge is -2.07. The van der Waals surface area contributed by atoms with Gasteiger partial charge in [-0.1, -0.05) is 22.9 Å². The molecule has 7 nitrogen and oxygen atoms in total. The Balaban J connectivity index is 1.71. The molecular formula is C15H11ClN4O3S. The molecule has 0 atom stereocenters. The number of carbonyl (C=O) groups is 2. The summed E-state index contributed by atoms with van der Waals surface area (Å²) in [4.78, 5) is 26.8. The number of fused-ring (bicyclic) bond motifs is 1. The van der Waals surface area contributed by atoms with Crippen LogP contribution in [-0.2, 0) is 0 Å². The number of nitrogens with zero attached hydrogens (tertiary/aromatic N) is 1. The number of aromatic nitrogens is 1. The van der Waals surface area contributed by atoms with Gasteiger partial charge in [0.05, 0.1) is 10.2 Å². The monoisotopic (exact) mass is 362 g/mol. The Labute approximate surface area is 145 Å². The molecule has 122 valence electrons. The van der Waals surface area contributed by atoms with Crippen molar-refractivity contribution in [2.45, 2.75) is 0 Å². The van der Waals surface area contributed by atoms with Gasteiger partial charge in [0.15, 0.2) is 0 Å². The molecule has 1 aromatic heterocycles. The predicted octanol–water partition coefficient (Wildman–Crippen LogP) is 4.05. The van der Waals surface area contributed by atoms with Crippen molar-refractivity contribution in [3.8, 4) is 5.19 Å². The molecule has 0 saturated carbocycles. The van der Waals surface area contributed by atoms with Gasteiger partial charge in [-0.15, -0.1) is 0 Å². The van der Waals surface area contributed by atoms with E-state index in [1.165, 1.54) is 0 Å². The van der Waals surface area contributed by atoms with Crippen LogP contribution in [0.25, 0.3) is 10.2 Å². The smallest absolute Gasteiger partial charge is 0.381 e. The third-order valence-electron chi connectivity index (χ3n) is 2.92. The molecule has 0 saturated heterocycles. The van der Waals surface area contributed by atoms with Gasteiger partial charge in [-0.05, 0) is 42.5 Å². The first-order chi connectivity index (χ1) is 11.5. The molecule has 3 aromatic rings. The number of amides is 3. The minimum Gasteiger partial charge on any atom is -0.381 e. The number of nitrogens with one attached hydrogen (secondary N) is 2. The van der Waals surface area contributed by atoms with Gasteiger partial charge >= 0.3 is 12.1 Å². The number of nitrogens with two attached hydrogens (primary N) is 1. The number of benzene rings is 2. The van der Waals surface area contributed by atoms with Crippen molar-refractivity contribution < 1.29 is 14.3 Å². The summed E-state index contributed by atoms with van der Waals surface area (Å²) < 4.78 is 5.49. The summed E-state index contributed by atoms with van der Waals surface area (Å²) in [5.41, 5.74) is 6.79. The summed E-state index contributed by atoms with van der Waals surface area (Å²) in [6.07, 6.45) is -0.922. The molecule has 4 N–H and O–H groups in total. The quantitative estimate of drug-likeness (QED) is 0.653. The number of rotatable bonds is 3. The van der Waals surface area contributed by atoms with E-state index in [9.17, 15) is 9.59 Å². The standard InChI is InChI=1S/C15H11ClN4O3S/c16-8-1-3-9(4-2-8)18-14(22)19-10-5-6-11-12(7-10)24-15(20-11)23-13(17)21/h1-7H,(H2,17,21)(H2,18,19,22). The van der Waals surface area contributed by atoms with Crippen molar-refractivity contribution >= 4 is 56.7 Å². The van der Waals surface area contributed by atoms with Gasteiger partial charge in [0.1, 0.15) is 0 Å². The van der Waals surface area contributed by atoms with Crippen molar-refractivity contribution in [3.05, 3.63) is 47.5 Å². The molecule has 0 aliphatic rings. The Hall–Kier alpha value is -2.84. The third-order valence-corrected chi connectivity index (χ3v) is 4.06. The molecule has 2 aromatic carbocycles. The first kappa shape index (κ1) is 16.0. The van der Waals surface area contributed by atoms with E-state index in [-0.39, 0.29) is 5.19 Å². The summed E-state index contributed by atoms with van der Waals surface area (Å²) in [5.74, 6) is 0. The van der Waals surface area contributed by atoms with Gasteiger partial charge in [0.25, 0.3) is 5.19 Å². The first-order valence-electron chi connectivity index (χ1n) is 6.71. The van der Waals surface area contributed by atoms with Gasteiger partial charge in [-0.2, -0.15) is 0 Å². The highest BCUT2D eigenvalue weighted by molar-refractivity contribution is 7.20. The SMILES string of the molecule is NC(=O)Oc1nc2ccc(NC(=O)Nc3ccc(Cl)cc3)cc2s1.